The smallest absolute Gasteiger partial charge is 0.240 e. The number of nitrogens with one attached hydrogen (secondary N) is 2. The summed E-state index contributed by atoms with van der Waals surface area (Å²) in [6.07, 6.45) is 0. The number of aromatic nitrogens is 2. The van der Waals surface area contributed by atoms with Crippen LogP contribution in [0.25, 0.3) is 11.0 Å². The Morgan fingerprint density at radius 1 is 1.04 bits per heavy atom. The van der Waals surface area contributed by atoms with Crippen molar-refractivity contribution in [1.29, 1.82) is 0 Å². The number of carbonyl (C=O) groups is 2. The fraction of sp³-hybridized carbons (Fsp3) is 0.250. The van der Waals surface area contributed by atoms with Crippen LogP contribution in [0.2, 0.25) is 0 Å². The predicted octanol–water partition coefficient (Wildman–Crippen LogP) is 2.00. The van der Waals surface area contributed by atoms with Crippen LogP contribution < -0.4 is 15.4 Å². The maximum absolute atomic E-state index is 12.5. The van der Waals surface area contributed by atoms with Gasteiger partial charge in [0.2, 0.25) is 11.8 Å². The first-order valence-corrected chi connectivity index (χ1v) is 8.65. The molecule has 0 bridgehead atoms. The van der Waals surface area contributed by atoms with Crippen molar-refractivity contribution < 1.29 is 14.3 Å². The first-order chi connectivity index (χ1) is 13.1. The number of nitrogens with zero attached hydrogens (tertiary/aromatic N) is 2. The highest BCUT2D eigenvalue weighted by atomic mass is 16.5. The van der Waals surface area contributed by atoms with Crippen molar-refractivity contribution in [3.8, 4) is 5.75 Å². The molecule has 1 aromatic heterocycles. The van der Waals surface area contributed by atoms with Crippen LogP contribution in [-0.2, 0) is 29.2 Å². The number of hydrogen-bond acceptors (Lipinski definition) is 4. The van der Waals surface area contributed by atoms with Crippen LogP contribution in [-0.4, -0.2) is 28.5 Å². The number of benzene rings is 2. The lowest BCUT2D eigenvalue weighted by molar-refractivity contribution is -0.121. The number of methoxy groups -OCH3 is 1. The molecule has 7 nitrogen and oxygen atoms in total. The van der Waals surface area contributed by atoms with Gasteiger partial charge in [0.05, 0.1) is 24.7 Å². The van der Waals surface area contributed by atoms with Crippen molar-refractivity contribution in [2.24, 2.45) is 0 Å². The number of carbonyl (C=O) groups excluding carboxylic acids is 2. The van der Waals surface area contributed by atoms with E-state index in [2.05, 4.69) is 15.6 Å². The summed E-state index contributed by atoms with van der Waals surface area (Å²) in [6, 6.07) is 15.1. The zero-order chi connectivity index (χ0) is 19.2. The lowest BCUT2D eigenvalue weighted by Crippen LogP contribution is -2.29. The molecule has 27 heavy (non-hydrogen) atoms. The number of imidazole rings is 1. The standard InChI is InChI=1S/C20H22N4O3/c1-14(25)21-12-19-23-17-5-3-4-6-18(17)24(19)13-20(26)22-11-15-7-9-16(27-2)10-8-15/h3-10H,11-13H2,1-2H3,(H,21,25)(H,22,26). The Bertz CT molecular complexity index is 948. The lowest BCUT2D eigenvalue weighted by Gasteiger charge is -2.11. The molecule has 0 saturated heterocycles. The molecule has 2 amide bonds. The highest BCUT2D eigenvalue weighted by Gasteiger charge is 2.13. The summed E-state index contributed by atoms with van der Waals surface area (Å²) in [4.78, 5) is 28.2. The van der Waals surface area contributed by atoms with E-state index in [0.29, 0.717) is 12.4 Å². The van der Waals surface area contributed by atoms with Gasteiger partial charge in [-0.05, 0) is 29.8 Å². The summed E-state index contributed by atoms with van der Waals surface area (Å²) >= 11 is 0. The van der Waals surface area contributed by atoms with Crippen LogP contribution in [0.15, 0.2) is 48.5 Å². The summed E-state index contributed by atoms with van der Waals surface area (Å²) in [6.45, 7) is 2.28. The van der Waals surface area contributed by atoms with Crippen molar-refractivity contribution in [1.82, 2.24) is 20.2 Å². The van der Waals surface area contributed by atoms with Crippen LogP contribution in [0.1, 0.15) is 18.3 Å². The van der Waals surface area contributed by atoms with E-state index < -0.39 is 0 Å². The quantitative estimate of drug-likeness (QED) is 0.670. The minimum atomic E-state index is -0.141. The molecule has 0 aliphatic heterocycles. The number of rotatable bonds is 7. The molecule has 0 aliphatic rings. The van der Waals surface area contributed by atoms with Crippen molar-refractivity contribution in [3.05, 3.63) is 59.9 Å². The van der Waals surface area contributed by atoms with Gasteiger partial charge < -0.3 is 19.9 Å². The second kappa shape index (κ2) is 8.35. The van der Waals surface area contributed by atoms with Gasteiger partial charge >= 0.3 is 0 Å². The molecule has 7 heteroatoms. The van der Waals surface area contributed by atoms with E-state index in [4.69, 9.17) is 4.74 Å². The Hall–Kier alpha value is -3.35. The number of hydrogen-bond donors (Lipinski definition) is 2. The van der Waals surface area contributed by atoms with Gasteiger partial charge in [0.25, 0.3) is 0 Å². The van der Waals surface area contributed by atoms with Gasteiger partial charge in [0.15, 0.2) is 0 Å². The van der Waals surface area contributed by atoms with Crippen molar-refractivity contribution in [3.63, 3.8) is 0 Å². The summed E-state index contributed by atoms with van der Waals surface area (Å²) in [5.74, 6) is 1.15. The van der Waals surface area contributed by atoms with Gasteiger partial charge in [-0.15, -0.1) is 0 Å². The fourth-order valence-corrected chi connectivity index (χ4v) is 2.78. The van der Waals surface area contributed by atoms with Crippen LogP contribution in [0.3, 0.4) is 0 Å². The third kappa shape index (κ3) is 4.63. The summed E-state index contributed by atoms with van der Waals surface area (Å²) in [5, 5.41) is 5.66. The van der Waals surface area contributed by atoms with Gasteiger partial charge in [0, 0.05) is 13.5 Å². The summed E-state index contributed by atoms with van der Waals surface area (Å²) in [5.41, 5.74) is 2.64. The minimum Gasteiger partial charge on any atom is -0.497 e. The lowest BCUT2D eigenvalue weighted by atomic mass is 10.2. The SMILES string of the molecule is COc1ccc(CNC(=O)Cn2c(CNC(C)=O)nc3ccccc32)cc1. The van der Waals surface area contributed by atoms with Crippen LogP contribution in [0.5, 0.6) is 5.75 Å². The molecule has 0 aliphatic carbocycles. The number of para-hydroxylation sites is 2. The maximum Gasteiger partial charge on any atom is 0.240 e. The van der Waals surface area contributed by atoms with Crippen molar-refractivity contribution in [2.75, 3.05) is 7.11 Å². The topological polar surface area (TPSA) is 85.2 Å². The zero-order valence-electron chi connectivity index (χ0n) is 15.4. The molecule has 0 saturated carbocycles. The van der Waals surface area contributed by atoms with Gasteiger partial charge in [-0.2, -0.15) is 0 Å². The molecule has 1 heterocycles. The van der Waals surface area contributed by atoms with Gasteiger partial charge in [-0.3, -0.25) is 9.59 Å². The molecule has 0 radical (unpaired) electrons. The van der Waals surface area contributed by atoms with Gasteiger partial charge in [0.1, 0.15) is 18.1 Å². The number of amides is 2. The Kier molecular flexibility index (Phi) is 5.71. The molecule has 0 unspecified atom stereocenters. The second-order valence-corrected chi connectivity index (χ2v) is 6.14. The van der Waals surface area contributed by atoms with E-state index in [1.807, 2.05) is 53.1 Å². The zero-order valence-corrected chi connectivity index (χ0v) is 15.4. The Balaban J connectivity index is 1.71. The van der Waals surface area contributed by atoms with Crippen LogP contribution in [0.4, 0.5) is 0 Å². The van der Waals surface area contributed by atoms with E-state index in [1.54, 1.807) is 7.11 Å². The van der Waals surface area contributed by atoms with Gasteiger partial charge in [-0.25, -0.2) is 4.98 Å². The highest BCUT2D eigenvalue weighted by molar-refractivity contribution is 5.81. The van der Waals surface area contributed by atoms with Crippen molar-refractivity contribution >= 4 is 22.8 Å². The number of fused-ring (bicyclic) bond motifs is 1. The normalized spacial score (nSPS) is 10.6. The van der Waals surface area contributed by atoms with Crippen LogP contribution in [0, 0.1) is 0 Å². The molecular weight excluding hydrogens is 344 g/mol. The number of ether oxygens (including phenoxy) is 1. The van der Waals surface area contributed by atoms with Crippen molar-refractivity contribution in [2.45, 2.75) is 26.6 Å². The Labute approximate surface area is 157 Å². The molecular formula is C20H22N4O3. The third-order valence-electron chi connectivity index (χ3n) is 4.18. The van der Waals surface area contributed by atoms with E-state index in [-0.39, 0.29) is 24.9 Å². The molecule has 0 spiro atoms. The largest absolute Gasteiger partial charge is 0.497 e. The van der Waals surface area contributed by atoms with E-state index in [0.717, 1.165) is 22.3 Å². The molecule has 0 fully saturated rings. The molecule has 0 atom stereocenters. The highest BCUT2D eigenvalue weighted by Crippen LogP contribution is 2.16. The molecule has 2 N–H and O–H groups in total. The predicted molar refractivity (Wildman–Crippen MR) is 102 cm³/mol. The van der Waals surface area contributed by atoms with E-state index >= 15 is 0 Å². The molecule has 3 rings (SSSR count). The monoisotopic (exact) mass is 366 g/mol. The first-order valence-electron chi connectivity index (χ1n) is 8.65. The van der Waals surface area contributed by atoms with Gasteiger partial charge in [-0.1, -0.05) is 24.3 Å². The minimum absolute atomic E-state index is 0.127. The average Bonchev–Trinajstić information content (AvgIpc) is 3.02. The summed E-state index contributed by atoms with van der Waals surface area (Å²) < 4.78 is 6.96. The van der Waals surface area contributed by atoms with E-state index in [1.165, 1.54) is 6.92 Å². The fourth-order valence-electron chi connectivity index (χ4n) is 2.78. The first kappa shape index (κ1) is 18.4. The summed E-state index contributed by atoms with van der Waals surface area (Å²) in [7, 11) is 1.62. The average molecular weight is 366 g/mol. The van der Waals surface area contributed by atoms with Crippen LogP contribution >= 0.6 is 0 Å². The molecule has 2 aromatic carbocycles. The molecule has 3 aromatic rings. The third-order valence-corrected chi connectivity index (χ3v) is 4.18. The maximum atomic E-state index is 12.5. The Morgan fingerprint density at radius 2 is 1.78 bits per heavy atom. The molecule has 140 valence electrons. The van der Waals surface area contributed by atoms with E-state index in [9.17, 15) is 9.59 Å². The Morgan fingerprint density at radius 3 is 2.48 bits per heavy atom. The second-order valence-electron chi connectivity index (χ2n) is 6.14.